The number of hydrogen-bond donors (Lipinski definition) is 18. The Morgan fingerprint density at radius 1 is 0.572 bits per heavy atom. The van der Waals surface area contributed by atoms with E-state index in [1.807, 2.05) is 43.3 Å². The standard InChI is InChI=1S/C78H104N14O22.C15H20O2.2CO2.CH4/c1-8-9-10-16-46-22-24-47(25-23-46)40(2)29-65(99)87-57(31-48-36-82-53-20-14-12-17-49(48)53)76(111)89-55(34-64(81)98)61(95)28-43(5)72(107)92-70-45(7)114-78(113)58(33-60(94)50-18-11-13-19-52(50)80)91-74(109)51(41(3)30-68(102)103)32-63(97)59(39-93)88-67(101)37-83-73(108)44(6)85-71(106)42(4)27-62(96)56(35-69(104)105)90-75(110)54(21-15-26-79)86-66(100)38-84-77(70)112;1-3-4-5-6-13-7-9-14(10-8-13)12(2)11-15(16)17;2*2-1-3;/h11-14,17-20,22-25,29,36,41-45,51,54-59,70,82,93H,8-10,15-16,21,26-28,30-35,37-39,79-80H2,1-7H3,(H2,81,98)(H,83,108)(H,84,112)(H,85,106)(H,86,100)(H,87,99)(H,88,101)(H,89,111)(H,90,110)(H,91,109)(H,92,107)(H,102,103)(H,104,105);7-11H,3-6H2,1-2H3,(H,16,17);;;1H4/b40-29+;12-11+;;;/t41-,42+,43-,44+,45-,51+,54+,55-,56+,57+,58+,59-,70+;;;;/m1..../s1. The number of carbonyl (C=O) groups excluding carboxylic acids is 20. The Balaban J connectivity index is 0.00000236. The summed E-state index contributed by atoms with van der Waals surface area (Å²) in [6.07, 6.45) is 4.78. The molecule has 5 aromatic rings. The first kappa shape index (κ1) is 119. The molecule has 42 nitrogen and oxygen atoms in total. The Bertz CT molecular complexity index is 5160. The van der Waals surface area contributed by atoms with Crippen LogP contribution in [0.25, 0.3) is 22.0 Å². The second-order valence-electron chi connectivity index (χ2n) is 32.9. The van der Waals surface area contributed by atoms with E-state index in [1.165, 1.54) is 88.9 Å². The quantitative estimate of drug-likeness (QED) is 0.00901. The largest absolute Gasteiger partial charge is 0.481 e. The van der Waals surface area contributed by atoms with Crippen molar-refractivity contribution < 1.29 is 135 Å². The lowest BCUT2D eigenvalue weighted by atomic mass is 9.84. The van der Waals surface area contributed by atoms with Crippen LogP contribution in [0.2, 0.25) is 0 Å². The fourth-order valence-electron chi connectivity index (χ4n) is 14.2. The highest BCUT2D eigenvalue weighted by molar-refractivity contribution is 6.05. The van der Waals surface area contributed by atoms with E-state index in [9.17, 15) is 106 Å². The summed E-state index contributed by atoms with van der Waals surface area (Å²) in [6.45, 7) is 10.5. The van der Waals surface area contributed by atoms with Crippen LogP contribution in [0.1, 0.15) is 204 Å². The maximum Gasteiger partial charge on any atom is 0.373 e. The Morgan fingerprint density at radius 3 is 1.64 bits per heavy atom. The van der Waals surface area contributed by atoms with Crippen LogP contribution in [-0.2, 0) is 129 Å². The van der Waals surface area contributed by atoms with E-state index in [2.05, 4.69) is 84.1 Å². The van der Waals surface area contributed by atoms with Gasteiger partial charge in [0.2, 0.25) is 65.0 Å². The minimum atomic E-state index is -2.18. The Kier molecular flexibility index (Phi) is 54.1. The van der Waals surface area contributed by atoms with Crippen molar-refractivity contribution in [3.63, 3.8) is 0 Å². The number of nitrogens with two attached hydrogens (primary N) is 3. The molecule has 138 heavy (non-hydrogen) atoms. The number of unbranched alkanes of at least 4 members (excludes halogenated alkanes) is 4. The number of esters is 1. The van der Waals surface area contributed by atoms with Crippen LogP contribution in [-0.4, -0.2) is 230 Å². The molecule has 0 spiro atoms. The molecule has 6 rings (SSSR count). The predicted molar refractivity (Wildman–Crippen MR) is 499 cm³/mol. The predicted octanol–water partition coefficient (Wildman–Crippen LogP) is 2.81. The molecular weight excluding hydrogens is 1800 g/mol. The van der Waals surface area contributed by atoms with Crippen LogP contribution in [0.3, 0.4) is 0 Å². The molecule has 1 aliphatic rings. The van der Waals surface area contributed by atoms with Gasteiger partial charge in [-0.2, -0.15) is 19.2 Å². The zero-order valence-corrected chi connectivity index (χ0v) is 77.9. The van der Waals surface area contributed by atoms with Gasteiger partial charge in [-0.25, -0.2) is 9.59 Å². The van der Waals surface area contributed by atoms with Crippen molar-refractivity contribution in [3.8, 4) is 0 Å². The van der Waals surface area contributed by atoms with Gasteiger partial charge in [0.15, 0.2) is 23.1 Å². The lowest BCUT2D eigenvalue weighted by molar-refractivity contribution is -0.193. The van der Waals surface area contributed by atoms with Crippen molar-refractivity contribution in [2.75, 3.05) is 32.0 Å². The van der Waals surface area contributed by atoms with Gasteiger partial charge in [0, 0.05) is 96.8 Å². The van der Waals surface area contributed by atoms with Crippen LogP contribution in [0.15, 0.2) is 115 Å². The van der Waals surface area contributed by atoms with Gasteiger partial charge in [-0.3, -0.25) is 81.5 Å². The molecule has 0 radical (unpaired) electrons. The van der Waals surface area contributed by atoms with Crippen LogP contribution in [0.4, 0.5) is 5.69 Å². The van der Waals surface area contributed by atoms with E-state index in [0.29, 0.717) is 22.0 Å². The zero-order chi connectivity index (χ0) is 103. The number of aliphatic hydroxyl groups is 1. The maximum atomic E-state index is 14.8. The van der Waals surface area contributed by atoms with E-state index in [4.69, 9.17) is 46.2 Å². The van der Waals surface area contributed by atoms with E-state index < -0.39 is 255 Å². The number of aliphatic carboxylic acids is 3. The molecule has 21 N–H and O–H groups in total. The van der Waals surface area contributed by atoms with Crippen molar-refractivity contribution in [1.82, 2.24) is 58.2 Å². The highest BCUT2D eigenvalue weighted by Gasteiger charge is 2.41. The minimum Gasteiger partial charge on any atom is -0.481 e. The summed E-state index contributed by atoms with van der Waals surface area (Å²) in [6, 6.07) is 14.1. The summed E-state index contributed by atoms with van der Waals surface area (Å²) < 4.78 is 5.79. The summed E-state index contributed by atoms with van der Waals surface area (Å²) >= 11 is 0. The van der Waals surface area contributed by atoms with E-state index in [0.717, 1.165) is 61.3 Å². The van der Waals surface area contributed by atoms with Gasteiger partial charge in [-0.1, -0.05) is 147 Å². The van der Waals surface area contributed by atoms with Gasteiger partial charge in [0.05, 0.1) is 44.6 Å². The summed E-state index contributed by atoms with van der Waals surface area (Å²) in [4.78, 5) is 295. The van der Waals surface area contributed by atoms with E-state index >= 15 is 0 Å². The molecule has 0 aliphatic carbocycles. The molecule has 42 heteroatoms. The third-order valence-corrected chi connectivity index (χ3v) is 21.9. The number of Topliss-reactive ketones (excluding diaryl/α,β-unsaturated/α-hetero) is 4. The number of aromatic nitrogens is 1. The van der Waals surface area contributed by atoms with Gasteiger partial charge < -0.3 is 101 Å². The fraction of sp³-hybridized carbons (Fsp3) is 0.469. The number of hydrogen-bond acceptors (Lipinski definition) is 27. The molecule has 0 saturated carbocycles. The average Bonchev–Trinajstić information content (AvgIpc) is 1.71. The maximum absolute atomic E-state index is 14.8. The van der Waals surface area contributed by atoms with Gasteiger partial charge in [-0.05, 0) is 136 Å². The van der Waals surface area contributed by atoms with Gasteiger partial charge in [0.1, 0.15) is 42.4 Å². The average molecular weight is 1930 g/mol. The van der Waals surface area contributed by atoms with Gasteiger partial charge >= 0.3 is 36.2 Å². The third-order valence-electron chi connectivity index (χ3n) is 21.9. The number of primary amides is 1. The number of rotatable bonds is 36. The molecule has 13 atom stereocenters. The minimum absolute atomic E-state index is 0. The highest BCUT2D eigenvalue weighted by atomic mass is 16.5. The van der Waals surface area contributed by atoms with Crippen molar-refractivity contribution in [2.24, 2.45) is 35.1 Å². The first-order valence-corrected chi connectivity index (χ1v) is 44.4. The number of ketones is 4. The molecule has 0 unspecified atom stereocenters. The number of cyclic esters (lactones) is 1. The molecule has 1 fully saturated rings. The topological polar surface area (TPSA) is 697 Å². The Labute approximate surface area is 797 Å². The number of anilines is 1. The second-order valence-corrected chi connectivity index (χ2v) is 32.9. The Morgan fingerprint density at radius 2 is 1.11 bits per heavy atom. The van der Waals surface area contributed by atoms with Gasteiger partial charge in [-0.15, -0.1) is 0 Å². The van der Waals surface area contributed by atoms with E-state index in [1.54, 1.807) is 37.4 Å². The Hall–Kier alpha value is -14.9. The number of fused-ring (bicyclic) bond motifs is 1. The number of H-pyrrole nitrogens is 1. The first-order valence-electron chi connectivity index (χ1n) is 44.4. The van der Waals surface area contributed by atoms with Crippen LogP contribution in [0, 0.1) is 23.7 Å². The number of para-hydroxylation sites is 2. The molecule has 4 aromatic carbocycles. The summed E-state index contributed by atoms with van der Waals surface area (Å²) in [5.41, 5.74) is 24.0. The molecule has 11 amide bonds. The van der Waals surface area contributed by atoms with Crippen molar-refractivity contribution in [1.29, 1.82) is 0 Å². The monoisotopic (exact) mass is 1920 g/mol. The SMILES string of the molecule is C.CCCCCc1ccc(/C(C)=C/C(=O)N[C@@H](Cc2c[nH]c3ccccc23)C(=O)N[C@H](CC(N)=O)C(=O)C[C@@H](C)C(=O)N[C@@H]2C(=O)NCC(=O)N[C@@H](CCCN)C(=O)N[C@@H](CC(=O)O)C(=O)C[C@H](C)C(=O)N[C@@H](C)C(=O)NCC(=O)N[C@H](CO)C(=O)C[C@@H]([C@H](C)CC(=O)O)C(=O)N[C@@H](CC(=O)c3ccccc3N)C(=O)O[C@@H]2C)cc1.CCCCCc1ccc(/C(C)=C/C(=O)O)cc1.O=C=O.O=C=O. The second kappa shape index (κ2) is 62.6. The number of amides is 11. The number of carbonyl (C=O) groups is 19. The lowest BCUT2D eigenvalue weighted by Gasteiger charge is -2.29. The molecule has 750 valence electrons. The molecule has 1 saturated heterocycles. The summed E-state index contributed by atoms with van der Waals surface area (Å²) in [5.74, 6) is -27.5. The van der Waals surface area contributed by atoms with Crippen LogP contribution < -0.4 is 70.4 Å². The number of nitrogens with one attached hydrogen (secondary N) is 11. The fourth-order valence-corrected chi connectivity index (χ4v) is 14.2. The lowest BCUT2D eigenvalue weighted by Crippen LogP contribution is -2.58. The molecule has 1 aliphatic heterocycles. The van der Waals surface area contributed by atoms with E-state index in [-0.39, 0.29) is 56.8 Å². The third kappa shape index (κ3) is 42.8. The van der Waals surface area contributed by atoms with Crippen molar-refractivity contribution >= 4 is 152 Å². The molecule has 0 bridgehead atoms. The number of aliphatic hydroxyl groups excluding tert-OH is 1. The van der Waals surface area contributed by atoms with Crippen LogP contribution in [0.5, 0.6) is 0 Å². The highest BCUT2D eigenvalue weighted by Crippen LogP contribution is 2.26. The number of aromatic amines is 1. The molecule has 2 heterocycles. The normalized spacial score (nSPS) is 19.4. The number of carboxylic acid groups (broad SMARTS) is 3. The number of carboxylic acids is 3. The van der Waals surface area contributed by atoms with Crippen LogP contribution >= 0.6 is 0 Å². The number of benzene rings is 4. The van der Waals surface area contributed by atoms with Crippen molar-refractivity contribution in [2.45, 2.75) is 240 Å². The number of aryl methyl sites for hydroxylation is 2. The molecular formula is C96H128N14O28. The van der Waals surface area contributed by atoms with Crippen molar-refractivity contribution in [3.05, 3.63) is 149 Å². The van der Waals surface area contributed by atoms with Gasteiger partial charge in [0.25, 0.3) is 0 Å². The number of allylic oxidation sites excluding steroid dienone is 2. The zero-order valence-electron chi connectivity index (χ0n) is 77.9. The first-order chi connectivity index (χ1) is 64.9. The number of nitrogen functional groups attached to an aromatic ring is 1. The molecule has 1 aromatic heterocycles. The smallest absolute Gasteiger partial charge is 0.373 e. The number of ether oxygens (including phenoxy) is 1. The summed E-state index contributed by atoms with van der Waals surface area (Å²) in [7, 11) is 0. The summed E-state index contributed by atoms with van der Waals surface area (Å²) in [5, 5.41) is 63.0.